The number of carbonyl (C=O) groups excluding carboxylic acids is 1. The molecule has 0 aromatic heterocycles. The van der Waals surface area contributed by atoms with E-state index in [4.69, 9.17) is 0 Å². The summed E-state index contributed by atoms with van der Waals surface area (Å²) in [7, 11) is 0. The number of halogens is 3. The van der Waals surface area contributed by atoms with Crippen molar-refractivity contribution in [1.82, 2.24) is 10.6 Å². The zero-order valence-electron chi connectivity index (χ0n) is 11.2. The predicted octanol–water partition coefficient (Wildman–Crippen LogP) is 2.36. The average Bonchev–Trinajstić information content (AvgIpc) is 2.45. The van der Waals surface area contributed by atoms with Gasteiger partial charge in [0, 0.05) is 12.1 Å². The molecule has 1 fully saturated rings. The molecule has 110 valence electrons. The highest BCUT2D eigenvalue weighted by Crippen LogP contribution is 2.16. The van der Waals surface area contributed by atoms with Crippen LogP contribution in [-0.2, 0) is 0 Å². The largest absolute Gasteiger partial charge is 0.348 e. The molecule has 1 aliphatic rings. The average molecular weight is 286 g/mol. The van der Waals surface area contributed by atoms with Crippen LogP contribution in [0.5, 0.6) is 0 Å². The van der Waals surface area contributed by atoms with Crippen molar-refractivity contribution < 1.29 is 18.0 Å². The first kappa shape index (κ1) is 14.8. The van der Waals surface area contributed by atoms with Crippen LogP contribution in [0.2, 0.25) is 0 Å². The molecule has 2 rings (SSSR count). The highest BCUT2D eigenvalue weighted by atomic mass is 19.2. The lowest BCUT2D eigenvalue weighted by molar-refractivity contribution is 0.0922. The van der Waals surface area contributed by atoms with E-state index in [1.165, 1.54) is 0 Å². The van der Waals surface area contributed by atoms with E-state index in [0.717, 1.165) is 37.9 Å². The molecule has 1 aromatic rings. The molecule has 0 bridgehead atoms. The number of hydrogen-bond acceptors (Lipinski definition) is 2. The van der Waals surface area contributed by atoms with E-state index in [-0.39, 0.29) is 12.1 Å². The molecular weight excluding hydrogens is 269 g/mol. The minimum Gasteiger partial charge on any atom is -0.348 e. The van der Waals surface area contributed by atoms with Gasteiger partial charge in [0.2, 0.25) is 0 Å². The summed E-state index contributed by atoms with van der Waals surface area (Å²) in [5.41, 5.74) is -0.480. The molecule has 2 unspecified atom stereocenters. The van der Waals surface area contributed by atoms with Crippen LogP contribution in [0.25, 0.3) is 0 Å². The topological polar surface area (TPSA) is 41.1 Å². The first-order valence-electron chi connectivity index (χ1n) is 6.68. The van der Waals surface area contributed by atoms with Gasteiger partial charge in [-0.25, -0.2) is 13.2 Å². The van der Waals surface area contributed by atoms with E-state index in [2.05, 4.69) is 10.6 Å². The van der Waals surface area contributed by atoms with Crippen molar-refractivity contribution in [1.29, 1.82) is 0 Å². The zero-order chi connectivity index (χ0) is 14.7. The summed E-state index contributed by atoms with van der Waals surface area (Å²) in [6, 6.07) is 1.59. The summed E-state index contributed by atoms with van der Waals surface area (Å²) in [5.74, 6) is -5.12. The monoisotopic (exact) mass is 286 g/mol. The Bertz CT molecular complexity index is 501. The molecule has 1 aliphatic heterocycles. The summed E-state index contributed by atoms with van der Waals surface area (Å²) in [5, 5.41) is 5.89. The fraction of sp³-hybridized carbons (Fsp3) is 0.500. The standard InChI is InChI=1S/C14H17F3N2O/c1-8(11-4-2-3-7-18-11)19-14(20)9-5-6-10(15)13(17)12(9)16/h5-6,8,11,18H,2-4,7H2,1H3,(H,19,20). The van der Waals surface area contributed by atoms with Gasteiger partial charge in [-0.15, -0.1) is 0 Å². The van der Waals surface area contributed by atoms with Crippen LogP contribution >= 0.6 is 0 Å². The van der Waals surface area contributed by atoms with Gasteiger partial charge in [0.1, 0.15) is 0 Å². The fourth-order valence-corrected chi connectivity index (χ4v) is 2.39. The second-order valence-electron chi connectivity index (χ2n) is 5.04. The maximum absolute atomic E-state index is 13.5. The Kier molecular flexibility index (Phi) is 4.65. The van der Waals surface area contributed by atoms with Crippen molar-refractivity contribution in [3.8, 4) is 0 Å². The number of carbonyl (C=O) groups is 1. The smallest absolute Gasteiger partial charge is 0.254 e. The van der Waals surface area contributed by atoms with E-state index >= 15 is 0 Å². The number of piperidine rings is 1. The van der Waals surface area contributed by atoms with Crippen LogP contribution in [0.15, 0.2) is 12.1 Å². The van der Waals surface area contributed by atoms with Gasteiger partial charge in [-0.1, -0.05) is 6.42 Å². The molecule has 1 amide bonds. The molecule has 1 heterocycles. The van der Waals surface area contributed by atoms with Crippen LogP contribution < -0.4 is 10.6 Å². The van der Waals surface area contributed by atoms with Gasteiger partial charge in [-0.2, -0.15) is 0 Å². The maximum atomic E-state index is 13.5. The van der Waals surface area contributed by atoms with E-state index in [1.54, 1.807) is 6.92 Å². The molecule has 0 saturated carbocycles. The van der Waals surface area contributed by atoms with E-state index in [9.17, 15) is 18.0 Å². The SMILES string of the molecule is CC(NC(=O)c1ccc(F)c(F)c1F)C1CCCCN1. The zero-order valence-corrected chi connectivity index (χ0v) is 11.2. The van der Waals surface area contributed by atoms with E-state index in [1.807, 2.05) is 0 Å². The third-order valence-corrected chi connectivity index (χ3v) is 3.59. The van der Waals surface area contributed by atoms with Crippen molar-refractivity contribution in [2.24, 2.45) is 0 Å². The minimum atomic E-state index is -1.62. The Morgan fingerprint density at radius 1 is 1.30 bits per heavy atom. The summed E-state index contributed by atoms with van der Waals surface area (Å²) in [6.07, 6.45) is 3.08. The highest BCUT2D eigenvalue weighted by Gasteiger charge is 2.24. The Hall–Kier alpha value is -1.56. The van der Waals surface area contributed by atoms with Crippen LogP contribution in [0.1, 0.15) is 36.5 Å². The number of rotatable bonds is 3. The van der Waals surface area contributed by atoms with E-state index in [0.29, 0.717) is 0 Å². The predicted molar refractivity (Wildman–Crippen MR) is 68.9 cm³/mol. The lowest BCUT2D eigenvalue weighted by Crippen LogP contribution is -2.50. The van der Waals surface area contributed by atoms with E-state index < -0.39 is 28.9 Å². The van der Waals surface area contributed by atoms with Crippen molar-refractivity contribution in [3.63, 3.8) is 0 Å². The maximum Gasteiger partial charge on any atom is 0.254 e. The molecule has 1 saturated heterocycles. The summed E-state index contributed by atoms with van der Waals surface area (Å²) < 4.78 is 39.4. The molecule has 0 spiro atoms. The summed E-state index contributed by atoms with van der Waals surface area (Å²) in [4.78, 5) is 11.9. The van der Waals surface area contributed by atoms with Gasteiger partial charge >= 0.3 is 0 Å². The first-order chi connectivity index (χ1) is 9.50. The third-order valence-electron chi connectivity index (χ3n) is 3.59. The molecular formula is C14H17F3N2O. The van der Waals surface area contributed by atoms with Gasteiger partial charge in [0.15, 0.2) is 17.5 Å². The van der Waals surface area contributed by atoms with Gasteiger partial charge in [-0.05, 0) is 38.4 Å². The molecule has 2 N–H and O–H groups in total. The Morgan fingerprint density at radius 2 is 2.05 bits per heavy atom. The molecule has 1 aromatic carbocycles. The lowest BCUT2D eigenvalue weighted by atomic mass is 9.99. The Labute approximate surface area is 115 Å². The molecule has 3 nitrogen and oxygen atoms in total. The van der Waals surface area contributed by atoms with Crippen molar-refractivity contribution in [3.05, 3.63) is 35.1 Å². The Balaban J connectivity index is 2.06. The second kappa shape index (κ2) is 6.26. The normalized spacial score (nSPS) is 20.5. The van der Waals surface area contributed by atoms with Gasteiger partial charge in [-0.3, -0.25) is 4.79 Å². The van der Waals surface area contributed by atoms with Crippen LogP contribution in [-0.4, -0.2) is 24.5 Å². The van der Waals surface area contributed by atoms with Gasteiger partial charge in [0.25, 0.3) is 5.91 Å². The summed E-state index contributed by atoms with van der Waals surface area (Å²) >= 11 is 0. The molecule has 0 radical (unpaired) electrons. The van der Waals surface area contributed by atoms with Crippen LogP contribution in [0.3, 0.4) is 0 Å². The number of nitrogens with one attached hydrogen (secondary N) is 2. The van der Waals surface area contributed by atoms with Gasteiger partial charge < -0.3 is 10.6 Å². The van der Waals surface area contributed by atoms with Crippen LogP contribution in [0, 0.1) is 17.5 Å². The number of benzene rings is 1. The quantitative estimate of drug-likeness (QED) is 0.838. The number of amides is 1. The third kappa shape index (κ3) is 3.12. The lowest BCUT2D eigenvalue weighted by Gasteiger charge is -2.29. The number of hydrogen-bond donors (Lipinski definition) is 2. The molecule has 2 atom stereocenters. The molecule has 20 heavy (non-hydrogen) atoms. The van der Waals surface area contributed by atoms with Crippen molar-refractivity contribution in [2.75, 3.05) is 6.54 Å². The molecule has 0 aliphatic carbocycles. The second-order valence-corrected chi connectivity index (χ2v) is 5.04. The van der Waals surface area contributed by atoms with Crippen LogP contribution in [0.4, 0.5) is 13.2 Å². The van der Waals surface area contributed by atoms with Gasteiger partial charge in [0.05, 0.1) is 5.56 Å². The Morgan fingerprint density at radius 3 is 2.70 bits per heavy atom. The fourth-order valence-electron chi connectivity index (χ4n) is 2.39. The summed E-state index contributed by atoms with van der Waals surface area (Å²) in [6.45, 7) is 2.68. The highest BCUT2D eigenvalue weighted by molar-refractivity contribution is 5.94. The first-order valence-corrected chi connectivity index (χ1v) is 6.68. The minimum absolute atomic E-state index is 0.112. The van der Waals surface area contributed by atoms with Crippen molar-refractivity contribution >= 4 is 5.91 Å². The molecule has 6 heteroatoms. The van der Waals surface area contributed by atoms with Crippen molar-refractivity contribution in [2.45, 2.75) is 38.3 Å².